The molecule has 1 unspecified atom stereocenters. The Morgan fingerprint density at radius 3 is 2.43 bits per heavy atom. The van der Waals surface area contributed by atoms with E-state index < -0.39 is 5.97 Å². The highest BCUT2D eigenvalue weighted by molar-refractivity contribution is 5.87. The topological polar surface area (TPSA) is 49.3 Å². The summed E-state index contributed by atoms with van der Waals surface area (Å²) in [5.41, 5.74) is 4.10. The summed E-state index contributed by atoms with van der Waals surface area (Å²) >= 11 is 0. The number of benzene rings is 2. The van der Waals surface area contributed by atoms with E-state index in [1.807, 2.05) is 12.1 Å². The third kappa shape index (κ3) is 4.43. The summed E-state index contributed by atoms with van der Waals surface area (Å²) in [5, 5.41) is 12.3. The van der Waals surface area contributed by atoms with Crippen LogP contribution in [-0.4, -0.2) is 17.1 Å². The lowest BCUT2D eigenvalue weighted by atomic mass is 10.0. The van der Waals surface area contributed by atoms with Crippen molar-refractivity contribution in [3.8, 4) is 0 Å². The van der Waals surface area contributed by atoms with Gasteiger partial charge in [-0.05, 0) is 49.1 Å². The molecule has 2 rings (SSSR count). The van der Waals surface area contributed by atoms with Crippen LogP contribution in [0.5, 0.6) is 0 Å². The van der Waals surface area contributed by atoms with Crippen molar-refractivity contribution < 1.29 is 9.90 Å². The van der Waals surface area contributed by atoms with Gasteiger partial charge in [0.25, 0.3) is 0 Å². The van der Waals surface area contributed by atoms with E-state index in [9.17, 15) is 4.79 Å². The van der Waals surface area contributed by atoms with Gasteiger partial charge in [0.15, 0.2) is 0 Å². The van der Waals surface area contributed by atoms with Gasteiger partial charge in [-0.2, -0.15) is 0 Å². The number of aromatic carboxylic acids is 1. The Labute approximate surface area is 125 Å². The van der Waals surface area contributed by atoms with E-state index >= 15 is 0 Å². The number of carbonyl (C=O) groups is 1. The molecule has 0 radical (unpaired) electrons. The van der Waals surface area contributed by atoms with Crippen LogP contribution in [0.2, 0.25) is 0 Å². The summed E-state index contributed by atoms with van der Waals surface area (Å²) in [4.78, 5) is 10.8. The molecule has 1 atom stereocenters. The van der Waals surface area contributed by atoms with Crippen molar-refractivity contribution in [1.29, 1.82) is 0 Å². The van der Waals surface area contributed by atoms with Gasteiger partial charge in [0.2, 0.25) is 0 Å². The van der Waals surface area contributed by atoms with Crippen LogP contribution in [0, 0.1) is 6.92 Å². The fourth-order valence-electron chi connectivity index (χ4n) is 2.30. The first-order valence-corrected chi connectivity index (χ1v) is 7.16. The fraction of sp³-hybridized carbons (Fsp3) is 0.278. The van der Waals surface area contributed by atoms with Crippen LogP contribution >= 0.6 is 0 Å². The SMILES string of the molecule is Cc1ccccc1CC(C)NCc1ccc(C(=O)O)cc1. The molecule has 21 heavy (non-hydrogen) atoms. The quantitative estimate of drug-likeness (QED) is 0.854. The third-order valence-electron chi connectivity index (χ3n) is 3.64. The lowest BCUT2D eigenvalue weighted by Crippen LogP contribution is -2.27. The second-order valence-corrected chi connectivity index (χ2v) is 5.41. The first-order valence-electron chi connectivity index (χ1n) is 7.16. The minimum Gasteiger partial charge on any atom is -0.478 e. The Bertz CT molecular complexity index is 605. The molecule has 2 aromatic rings. The molecule has 0 heterocycles. The highest BCUT2D eigenvalue weighted by atomic mass is 16.4. The number of aryl methyl sites for hydroxylation is 1. The maximum Gasteiger partial charge on any atom is 0.335 e. The highest BCUT2D eigenvalue weighted by Crippen LogP contribution is 2.10. The zero-order valence-corrected chi connectivity index (χ0v) is 12.5. The summed E-state index contributed by atoms with van der Waals surface area (Å²) in [5.74, 6) is -0.887. The van der Waals surface area contributed by atoms with E-state index in [0.717, 1.165) is 18.5 Å². The number of carboxylic acid groups (broad SMARTS) is 1. The summed E-state index contributed by atoms with van der Waals surface area (Å²) in [6.07, 6.45) is 0.986. The maximum atomic E-state index is 10.8. The molecule has 2 N–H and O–H groups in total. The van der Waals surface area contributed by atoms with Crippen molar-refractivity contribution >= 4 is 5.97 Å². The highest BCUT2D eigenvalue weighted by Gasteiger charge is 2.06. The smallest absolute Gasteiger partial charge is 0.335 e. The largest absolute Gasteiger partial charge is 0.478 e. The first kappa shape index (κ1) is 15.3. The van der Waals surface area contributed by atoms with E-state index in [0.29, 0.717) is 11.6 Å². The Balaban J connectivity index is 1.88. The molecule has 2 aromatic carbocycles. The van der Waals surface area contributed by atoms with Crippen LogP contribution in [-0.2, 0) is 13.0 Å². The van der Waals surface area contributed by atoms with Gasteiger partial charge in [0, 0.05) is 12.6 Å². The molecule has 0 saturated carbocycles. The zero-order chi connectivity index (χ0) is 15.2. The van der Waals surface area contributed by atoms with Gasteiger partial charge in [-0.1, -0.05) is 36.4 Å². The van der Waals surface area contributed by atoms with Gasteiger partial charge >= 0.3 is 5.97 Å². The van der Waals surface area contributed by atoms with Crippen molar-refractivity contribution in [2.45, 2.75) is 32.9 Å². The van der Waals surface area contributed by atoms with Crippen LogP contribution < -0.4 is 5.32 Å². The molecule has 0 bridgehead atoms. The van der Waals surface area contributed by atoms with E-state index in [2.05, 4.69) is 43.4 Å². The predicted molar refractivity (Wildman–Crippen MR) is 84.6 cm³/mol. The van der Waals surface area contributed by atoms with E-state index in [1.165, 1.54) is 11.1 Å². The van der Waals surface area contributed by atoms with Crippen LogP contribution in [0.25, 0.3) is 0 Å². The van der Waals surface area contributed by atoms with Crippen molar-refractivity contribution in [3.63, 3.8) is 0 Å². The molecule has 3 heteroatoms. The lowest BCUT2D eigenvalue weighted by molar-refractivity contribution is 0.0697. The second kappa shape index (κ2) is 7.04. The molecule has 0 aliphatic rings. The number of rotatable bonds is 6. The van der Waals surface area contributed by atoms with Crippen molar-refractivity contribution in [1.82, 2.24) is 5.32 Å². The second-order valence-electron chi connectivity index (χ2n) is 5.41. The summed E-state index contributed by atoms with van der Waals surface area (Å²) in [7, 11) is 0. The monoisotopic (exact) mass is 283 g/mol. The number of carboxylic acids is 1. The molecule has 0 aromatic heterocycles. The summed E-state index contributed by atoms with van der Waals surface area (Å²) < 4.78 is 0. The Morgan fingerprint density at radius 2 is 1.81 bits per heavy atom. The van der Waals surface area contributed by atoms with E-state index in [4.69, 9.17) is 5.11 Å². The average molecular weight is 283 g/mol. The first-order chi connectivity index (χ1) is 10.1. The molecule has 110 valence electrons. The maximum absolute atomic E-state index is 10.8. The molecule has 0 fully saturated rings. The normalized spacial score (nSPS) is 12.1. The van der Waals surface area contributed by atoms with Gasteiger partial charge in [-0.25, -0.2) is 4.79 Å². The van der Waals surface area contributed by atoms with Crippen LogP contribution in [0.3, 0.4) is 0 Å². The van der Waals surface area contributed by atoms with Gasteiger partial charge < -0.3 is 10.4 Å². The minimum absolute atomic E-state index is 0.326. The molecule has 3 nitrogen and oxygen atoms in total. The van der Waals surface area contributed by atoms with Gasteiger partial charge in [0.1, 0.15) is 0 Å². The van der Waals surface area contributed by atoms with Crippen LogP contribution in [0.1, 0.15) is 34.0 Å². The molecular weight excluding hydrogens is 262 g/mol. The van der Waals surface area contributed by atoms with Crippen LogP contribution in [0.15, 0.2) is 48.5 Å². The Morgan fingerprint density at radius 1 is 1.14 bits per heavy atom. The van der Waals surface area contributed by atoms with Gasteiger partial charge in [-0.3, -0.25) is 0 Å². The lowest BCUT2D eigenvalue weighted by Gasteiger charge is -2.15. The number of hydrogen-bond acceptors (Lipinski definition) is 2. The molecule has 0 saturated heterocycles. The molecular formula is C18H21NO2. The van der Waals surface area contributed by atoms with Gasteiger partial charge in [0.05, 0.1) is 5.56 Å². The molecule has 0 aliphatic carbocycles. The molecule has 0 spiro atoms. The number of nitrogens with one attached hydrogen (secondary N) is 1. The average Bonchev–Trinajstić information content (AvgIpc) is 2.48. The Hall–Kier alpha value is -2.13. The standard InChI is InChI=1S/C18H21NO2/c1-13-5-3-4-6-17(13)11-14(2)19-12-15-7-9-16(10-8-15)18(20)21/h3-10,14,19H,11-12H2,1-2H3,(H,20,21). The zero-order valence-electron chi connectivity index (χ0n) is 12.5. The van der Waals surface area contributed by atoms with Crippen molar-refractivity contribution in [3.05, 3.63) is 70.8 Å². The summed E-state index contributed by atoms with van der Waals surface area (Å²) in [6.45, 7) is 5.04. The predicted octanol–water partition coefficient (Wildman–Crippen LogP) is 3.41. The van der Waals surface area contributed by atoms with Crippen molar-refractivity contribution in [2.75, 3.05) is 0 Å². The van der Waals surface area contributed by atoms with Gasteiger partial charge in [-0.15, -0.1) is 0 Å². The van der Waals surface area contributed by atoms with E-state index in [1.54, 1.807) is 12.1 Å². The number of hydrogen-bond donors (Lipinski definition) is 2. The fourth-order valence-corrected chi connectivity index (χ4v) is 2.30. The molecule has 0 aliphatic heterocycles. The minimum atomic E-state index is -0.887. The van der Waals surface area contributed by atoms with Crippen LogP contribution in [0.4, 0.5) is 0 Å². The van der Waals surface area contributed by atoms with Crippen molar-refractivity contribution in [2.24, 2.45) is 0 Å². The Kier molecular flexibility index (Phi) is 5.12. The summed E-state index contributed by atoms with van der Waals surface area (Å²) in [6, 6.07) is 15.8. The third-order valence-corrected chi connectivity index (χ3v) is 3.64. The molecule has 0 amide bonds. The van der Waals surface area contributed by atoms with E-state index in [-0.39, 0.29) is 0 Å².